The molecule has 0 bridgehead atoms. The molecule has 1 saturated carbocycles. The standard InChI is InChI=1S/C15H15ClFNOS/c16-14-7-11(3-6-15(14)17)19-9-13-5-4-12(20-13)8-18-10-1-2-10/h3-7,10,18H,1-2,8-9H2. The first-order chi connectivity index (χ1) is 9.70. The largest absolute Gasteiger partial charge is 0.488 e. The van der Waals surface area contributed by atoms with Crippen molar-refractivity contribution in [1.82, 2.24) is 5.32 Å². The Morgan fingerprint density at radius 1 is 1.25 bits per heavy atom. The molecule has 106 valence electrons. The third kappa shape index (κ3) is 3.72. The van der Waals surface area contributed by atoms with Gasteiger partial charge in [-0.1, -0.05) is 11.6 Å². The minimum atomic E-state index is -0.427. The van der Waals surface area contributed by atoms with Crippen LogP contribution in [0.5, 0.6) is 5.75 Å². The van der Waals surface area contributed by atoms with Crippen molar-refractivity contribution in [3.05, 3.63) is 50.9 Å². The van der Waals surface area contributed by atoms with Crippen molar-refractivity contribution in [2.75, 3.05) is 0 Å². The van der Waals surface area contributed by atoms with Crippen molar-refractivity contribution in [1.29, 1.82) is 0 Å². The number of rotatable bonds is 6. The molecule has 1 aliphatic rings. The number of nitrogens with one attached hydrogen (secondary N) is 1. The van der Waals surface area contributed by atoms with Gasteiger partial charge in [-0.2, -0.15) is 0 Å². The molecule has 0 atom stereocenters. The van der Waals surface area contributed by atoms with Crippen molar-refractivity contribution in [2.24, 2.45) is 0 Å². The van der Waals surface area contributed by atoms with E-state index < -0.39 is 5.82 Å². The van der Waals surface area contributed by atoms with Crippen LogP contribution in [0, 0.1) is 5.82 Å². The van der Waals surface area contributed by atoms with Gasteiger partial charge in [-0.15, -0.1) is 11.3 Å². The van der Waals surface area contributed by atoms with E-state index >= 15 is 0 Å². The zero-order chi connectivity index (χ0) is 13.9. The minimum absolute atomic E-state index is 0.0861. The molecule has 1 aromatic carbocycles. The molecule has 2 aromatic rings. The Balaban J connectivity index is 1.53. The van der Waals surface area contributed by atoms with Crippen LogP contribution in [0.2, 0.25) is 5.02 Å². The van der Waals surface area contributed by atoms with Crippen LogP contribution in [-0.4, -0.2) is 6.04 Å². The summed E-state index contributed by atoms with van der Waals surface area (Å²) in [5.41, 5.74) is 0. The second kappa shape index (κ2) is 6.12. The summed E-state index contributed by atoms with van der Waals surface area (Å²) in [6, 6.07) is 9.32. The van der Waals surface area contributed by atoms with Gasteiger partial charge in [-0.3, -0.25) is 0 Å². The van der Waals surface area contributed by atoms with Crippen LogP contribution in [0.4, 0.5) is 4.39 Å². The van der Waals surface area contributed by atoms with Gasteiger partial charge in [0.05, 0.1) is 5.02 Å². The van der Waals surface area contributed by atoms with Crippen LogP contribution in [0.3, 0.4) is 0 Å². The van der Waals surface area contributed by atoms with Crippen LogP contribution < -0.4 is 10.1 Å². The molecule has 0 spiro atoms. The molecule has 3 rings (SSSR count). The van der Waals surface area contributed by atoms with E-state index in [1.807, 2.05) is 0 Å². The Kier molecular flexibility index (Phi) is 4.24. The number of ether oxygens (including phenoxy) is 1. The van der Waals surface area contributed by atoms with Gasteiger partial charge in [0, 0.05) is 28.4 Å². The van der Waals surface area contributed by atoms with Gasteiger partial charge in [-0.25, -0.2) is 4.39 Å². The Morgan fingerprint density at radius 2 is 2.05 bits per heavy atom. The second-order valence-corrected chi connectivity index (χ2v) is 6.55. The van der Waals surface area contributed by atoms with Gasteiger partial charge < -0.3 is 10.1 Å². The van der Waals surface area contributed by atoms with Crippen molar-refractivity contribution < 1.29 is 9.13 Å². The zero-order valence-electron chi connectivity index (χ0n) is 10.9. The summed E-state index contributed by atoms with van der Waals surface area (Å²) in [5.74, 6) is 0.158. The average Bonchev–Trinajstić information content (AvgIpc) is 3.16. The normalized spacial score (nSPS) is 14.5. The predicted octanol–water partition coefficient (Wildman–Crippen LogP) is 4.37. The lowest BCUT2D eigenvalue weighted by atomic mass is 10.3. The molecular formula is C15H15ClFNOS. The van der Waals surface area contributed by atoms with Gasteiger partial charge in [0.2, 0.25) is 0 Å². The summed E-state index contributed by atoms with van der Waals surface area (Å²) in [6.45, 7) is 1.41. The molecule has 0 amide bonds. The molecule has 20 heavy (non-hydrogen) atoms. The molecule has 0 radical (unpaired) electrons. The molecule has 1 N–H and O–H groups in total. The quantitative estimate of drug-likeness (QED) is 0.855. The lowest BCUT2D eigenvalue weighted by molar-refractivity contribution is 0.309. The van der Waals surface area contributed by atoms with Gasteiger partial charge in [0.15, 0.2) is 0 Å². The van der Waals surface area contributed by atoms with E-state index in [-0.39, 0.29) is 5.02 Å². The molecule has 0 saturated heterocycles. The number of thiophene rings is 1. The summed E-state index contributed by atoms with van der Waals surface area (Å²) < 4.78 is 18.6. The van der Waals surface area contributed by atoms with Crippen LogP contribution in [0.25, 0.3) is 0 Å². The molecule has 1 aliphatic carbocycles. The maximum absolute atomic E-state index is 13.0. The fourth-order valence-corrected chi connectivity index (χ4v) is 2.90. The minimum Gasteiger partial charge on any atom is -0.488 e. The predicted molar refractivity (Wildman–Crippen MR) is 79.9 cm³/mol. The Morgan fingerprint density at radius 3 is 2.80 bits per heavy atom. The first-order valence-corrected chi connectivity index (χ1v) is 7.79. The molecule has 1 heterocycles. The molecule has 0 unspecified atom stereocenters. The SMILES string of the molecule is Fc1ccc(OCc2ccc(CNC3CC3)s2)cc1Cl. The van der Waals surface area contributed by atoms with Gasteiger partial charge in [0.1, 0.15) is 18.2 Å². The maximum Gasteiger partial charge on any atom is 0.142 e. The summed E-state index contributed by atoms with van der Waals surface area (Å²) in [6.07, 6.45) is 2.60. The average molecular weight is 312 g/mol. The zero-order valence-corrected chi connectivity index (χ0v) is 12.4. The molecule has 1 aromatic heterocycles. The lowest BCUT2D eigenvalue weighted by Crippen LogP contribution is -2.14. The highest BCUT2D eigenvalue weighted by Crippen LogP contribution is 2.24. The first-order valence-electron chi connectivity index (χ1n) is 6.59. The third-order valence-corrected chi connectivity index (χ3v) is 4.48. The van der Waals surface area contributed by atoms with Crippen LogP contribution in [0.1, 0.15) is 22.6 Å². The lowest BCUT2D eigenvalue weighted by Gasteiger charge is -2.05. The topological polar surface area (TPSA) is 21.3 Å². The number of hydrogen-bond acceptors (Lipinski definition) is 3. The summed E-state index contributed by atoms with van der Waals surface area (Å²) in [5, 5.41) is 3.57. The van der Waals surface area contributed by atoms with Crippen molar-refractivity contribution in [2.45, 2.75) is 32.0 Å². The summed E-state index contributed by atoms with van der Waals surface area (Å²) >= 11 is 7.45. The van der Waals surface area contributed by atoms with Crippen LogP contribution in [0.15, 0.2) is 30.3 Å². The third-order valence-electron chi connectivity index (χ3n) is 3.13. The Hall–Kier alpha value is -1.10. The molecule has 5 heteroatoms. The highest BCUT2D eigenvalue weighted by atomic mass is 35.5. The van der Waals surface area contributed by atoms with Gasteiger partial charge in [-0.05, 0) is 37.1 Å². The van der Waals surface area contributed by atoms with Crippen LogP contribution >= 0.6 is 22.9 Å². The fourth-order valence-electron chi connectivity index (χ4n) is 1.85. The second-order valence-electron chi connectivity index (χ2n) is 4.89. The van der Waals surface area contributed by atoms with E-state index in [1.54, 1.807) is 17.4 Å². The smallest absolute Gasteiger partial charge is 0.142 e. The van der Waals surface area contributed by atoms with E-state index in [1.165, 1.54) is 29.9 Å². The van der Waals surface area contributed by atoms with E-state index in [9.17, 15) is 4.39 Å². The highest BCUT2D eigenvalue weighted by Gasteiger charge is 2.20. The van der Waals surface area contributed by atoms with Gasteiger partial charge in [0.25, 0.3) is 0 Å². The van der Waals surface area contributed by atoms with Crippen LogP contribution in [-0.2, 0) is 13.2 Å². The van der Waals surface area contributed by atoms with Gasteiger partial charge >= 0.3 is 0 Å². The molecule has 2 nitrogen and oxygen atoms in total. The van der Waals surface area contributed by atoms with E-state index in [2.05, 4.69) is 17.4 Å². The summed E-state index contributed by atoms with van der Waals surface area (Å²) in [7, 11) is 0. The van der Waals surface area contributed by atoms with E-state index in [0.717, 1.165) is 17.5 Å². The highest BCUT2D eigenvalue weighted by molar-refractivity contribution is 7.11. The number of benzene rings is 1. The fraction of sp³-hybridized carbons (Fsp3) is 0.333. The van der Waals surface area contributed by atoms with E-state index in [4.69, 9.17) is 16.3 Å². The molecular weight excluding hydrogens is 297 g/mol. The monoisotopic (exact) mass is 311 g/mol. The van der Waals surface area contributed by atoms with Crippen molar-refractivity contribution in [3.63, 3.8) is 0 Å². The molecule has 0 aliphatic heterocycles. The first kappa shape index (κ1) is 13.9. The molecule has 1 fully saturated rings. The van der Waals surface area contributed by atoms with Crippen molar-refractivity contribution in [3.8, 4) is 5.75 Å². The van der Waals surface area contributed by atoms with E-state index in [0.29, 0.717) is 12.4 Å². The Bertz CT molecular complexity index is 597. The number of halogens is 2. The maximum atomic E-state index is 13.0. The Labute approximate surface area is 126 Å². The summed E-state index contributed by atoms with van der Waals surface area (Å²) in [4.78, 5) is 2.46. The number of hydrogen-bond donors (Lipinski definition) is 1. The van der Waals surface area contributed by atoms with Crippen molar-refractivity contribution >= 4 is 22.9 Å².